The number of carbonyl (C=O) groups excluding carboxylic acids is 1. The van der Waals surface area contributed by atoms with Crippen molar-refractivity contribution >= 4 is 6.29 Å². The minimum absolute atomic E-state index is 0.404. The van der Waals surface area contributed by atoms with Gasteiger partial charge in [-0.1, -0.05) is 6.92 Å². The number of nitrogens with zero attached hydrogens (tertiary/aromatic N) is 2. The third-order valence-corrected chi connectivity index (χ3v) is 2.52. The van der Waals surface area contributed by atoms with Crippen LogP contribution in [0.15, 0.2) is 4.42 Å². The molecule has 2 rings (SSSR count). The molecule has 1 N–H and O–H groups in total. The third kappa shape index (κ3) is 1.54. The first-order valence-electron chi connectivity index (χ1n) is 5.14. The molecule has 2 aromatic heterocycles. The van der Waals surface area contributed by atoms with Crippen molar-refractivity contribution < 1.29 is 9.21 Å². The average molecular weight is 219 g/mol. The van der Waals surface area contributed by atoms with E-state index in [2.05, 4.69) is 15.2 Å². The van der Waals surface area contributed by atoms with Crippen LogP contribution in [0.4, 0.5) is 0 Å². The second-order valence-corrected chi connectivity index (χ2v) is 3.64. The van der Waals surface area contributed by atoms with Crippen molar-refractivity contribution in [2.75, 3.05) is 0 Å². The summed E-state index contributed by atoms with van der Waals surface area (Å²) in [5.41, 5.74) is 2.98. The van der Waals surface area contributed by atoms with Gasteiger partial charge in [0.05, 0.1) is 5.56 Å². The van der Waals surface area contributed by atoms with E-state index in [4.69, 9.17) is 4.42 Å². The van der Waals surface area contributed by atoms with Crippen molar-refractivity contribution in [2.45, 2.75) is 27.2 Å². The quantitative estimate of drug-likeness (QED) is 0.802. The van der Waals surface area contributed by atoms with Crippen LogP contribution in [-0.4, -0.2) is 21.5 Å². The standard InChI is InChI=1S/C11H13N3O2/c1-4-9-13-14-11(16-9)10-7(3)12-6(2)8(10)5-15/h5,12H,4H2,1-3H3. The first kappa shape index (κ1) is 10.6. The fourth-order valence-electron chi connectivity index (χ4n) is 1.72. The Hall–Kier alpha value is -1.91. The molecule has 0 bridgehead atoms. The van der Waals surface area contributed by atoms with E-state index in [0.717, 1.165) is 17.7 Å². The van der Waals surface area contributed by atoms with Crippen LogP contribution >= 0.6 is 0 Å². The van der Waals surface area contributed by atoms with Crippen LogP contribution in [0.2, 0.25) is 0 Å². The maximum Gasteiger partial charge on any atom is 0.250 e. The van der Waals surface area contributed by atoms with Crippen LogP contribution in [0, 0.1) is 13.8 Å². The number of aromatic nitrogens is 3. The Labute approximate surface area is 92.9 Å². The van der Waals surface area contributed by atoms with Crippen molar-refractivity contribution in [3.05, 3.63) is 22.8 Å². The molecule has 0 aromatic carbocycles. The summed E-state index contributed by atoms with van der Waals surface area (Å²) in [5.74, 6) is 0.978. The van der Waals surface area contributed by atoms with E-state index in [1.54, 1.807) is 0 Å². The maximum absolute atomic E-state index is 11.0. The Balaban J connectivity index is 2.58. The molecule has 0 unspecified atom stereocenters. The van der Waals surface area contributed by atoms with Gasteiger partial charge in [0.15, 0.2) is 6.29 Å². The summed E-state index contributed by atoms with van der Waals surface area (Å²) in [4.78, 5) is 14.1. The number of rotatable bonds is 3. The molecule has 84 valence electrons. The van der Waals surface area contributed by atoms with E-state index in [9.17, 15) is 4.79 Å². The van der Waals surface area contributed by atoms with Crippen LogP contribution in [0.5, 0.6) is 0 Å². The molecular weight excluding hydrogens is 206 g/mol. The molecule has 2 aromatic rings. The lowest BCUT2D eigenvalue weighted by Crippen LogP contribution is -1.86. The first-order chi connectivity index (χ1) is 7.67. The number of hydrogen-bond acceptors (Lipinski definition) is 4. The van der Waals surface area contributed by atoms with Gasteiger partial charge >= 0.3 is 0 Å². The highest BCUT2D eigenvalue weighted by Gasteiger charge is 2.18. The molecule has 0 radical (unpaired) electrons. The summed E-state index contributed by atoms with van der Waals surface area (Å²) in [5, 5.41) is 7.83. The molecule has 5 nitrogen and oxygen atoms in total. The highest BCUT2D eigenvalue weighted by Crippen LogP contribution is 2.27. The molecule has 0 atom stereocenters. The molecule has 5 heteroatoms. The topological polar surface area (TPSA) is 71.8 Å². The molecule has 0 saturated carbocycles. The van der Waals surface area contributed by atoms with Gasteiger partial charge in [-0.2, -0.15) is 0 Å². The monoisotopic (exact) mass is 219 g/mol. The zero-order valence-electron chi connectivity index (χ0n) is 9.50. The summed E-state index contributed by atoms with van der Waals surface area (Å²) in [6, 6.07) is 0. The number of aromatic amines is 1. The number of nitrogens with one attached hydrogen (secondary N) is 1. The largest absolute Gasteiger partial charge is 0.421 e. The van der Waals surface area contributed by atoms with Gasteiger partial charge in [-0.3, -0.25) is 4.79 Å². The molecule has 2 heterocycles. The lowest BCUT2D eigenvalue weighted by atomic mass is 10.1. The Bertz CT molecular complexity index is 525. The minimum atomic E-state index is 0.404. The Morgan fingerprint density at radius 3 is 2.62 bits per heavy atom. The summed E-state index contributed by atoms with van der Waals surface area (Å²) in [6.07, 6.45) is 1.50. The third-order valence-electron chi connectivity index (χ3n) is 2.52. The average Bonchev–Trinajstić information content (AvgIpc) is 2.82. The zero-order valence-corrected chi connectivity index (χ0v) is 9.50. The summed E-state index contributed by atoms with van der Waals surface area (Å²) in [7, 11) is 0. The van der Waals surface area contributed by atoms with Crippen LogP contribution in [0.3, 0.4) is 0 Å². The van der Waals surface area contributed by atoms with Gasteiger partial charge in [0.2, 0.25) is 11.8 Å². The summed E-state index contributed by atoms with van der Waals surface area (Å²) in [6.45, 7) is 5.66. The molecule has 0 amide bonds. The van der Waals surface area contributed by atoms with Gasteiger partial charge in [0, 0.05) is 23.4 Å². The van der Waals surface area contributed by atoms with Crippen LogP contribution in [-0.2, 0) is 6.42 Å². The Kier molecular flexibility index (Phi) is 2.60. The Morgan fingerprint density at radius 2 is 2.06 bits per heavy atom. The van der Waals surface area contributed by atoms with Crippen LogP contribution < -0.4 is 0 Å². The van der Waals surface area contributed by atoms with Crippen molar-refractivity contribution in [1.82, 2.24) is 15.2 Å². The molecule has 16 heavy (non-hydrogen) atoms. The Morgan fingerprint density at radius 1 is 1.31 bits per heavy atom. The number of aldehydes is 1. The molecular formula is C11H13N3O2. The molecule has 0 aliphatic rings. The second kappa shape index (κ2) is 3.92. The van der Waals surface area contributed by atoms with E-state index >= 15 is 0 Å². The van der Waals surface area contributed by atoms with Crippen LogP contribution in [0.25, 0.3) is 11.5 Å². The minimum Gasteiger partial charge on any atom is -0.421 e. The van der Waals surface area contributed by atoms with Gasteiger partial charge in [-0.15, -0.1) is 10.2 Å². The predicted octanol–water partition coefficient (Wildman–Crippen LogP) is 2.06. The smallest absolute Gasteiger partial charge is 0.250 e. The number of carbonyl (C=O) groups is 1. The number of aryl methyl sites for hydroxylation is 3. The van der Waals surface area contributed by atoms with Gasteiger partial charge in [-0.25, -0.2) is 0 Å². The lowest BCUT2D eigenvalue weighted by Gasteiger charge is -1.94. The first-order valence-corrected chi connectivity index (χ1v) is 5.14. The van der Waals surface area contributed by atoms with Crippen LogP contribution in [0.1, 0.15) is 34.6 Å². The van der Waals surface area contributed by atoms with E-state index < -0.39 is 0 Å². The summed E-state index contributed by atoms with van der Waals surface area (Å²) >= 11 is 0. The van der Waals surface area contributed by atoms with Crippen molar-refractivity contribution in [3.8, 4) is 11.5 Å². The second-order valence-electron chi connectivity index (χ2n) is 3.64. The van der Waals surface area contributed by atoms with E-state index in [1.165, 1.54) is 0 Å². The molecule has 0 aliphatic heterocycles. The maximum atomic E-state index is 11.0. The van der Waals surface area contributed by atoms with E-state index in [0.29, 0.717) is 29.3 Å². The zero-order chi connectivity index (χ0) is 11.7. The van der Waals surface area contributed by atoms with Crippen molar-refractivity contribution in [3.63, 3.8) is 0 Å². The molecule has 0 saturated heterocycles. The van der Waals surface area contributed by atoms with E-state index in [1.807, 2.05) is 20.8 Å². The normalized spacial score (nSPS) is 10.7. The van der Waals surface area contributed by atoms with Gasteiger partial charge < -0.3 is 9.40 Å². The summed E-state index contributed by atoms with van der Waals surface area (Å²) < 4.78 is 5.45. The lowest BCUT2D eigenvalue weighted by molar-refractivity contribution is 0.112. The van der Waals surface area contributed by atoms with Crippen molar-refractivity contribution in [2.24, 2.45) is 0 Å². The fraction of sp³-hybridized carbons (Fsp3) is 0.364. The predicted molar refractivity (Wildman–Crippen MR) is 58.3 cm³/mol. The number of H-pyrrole nitrogens is 1. The van der Waals surface area contributed by atoms with E-state index in [-0.39, 0.29) is 0 Å². The van der Waals surface area contributed by atoms with Gasteiger partial charge in [0.25, 0.3) is 0 Å². The fourth-order valence-corrected chi connectivity index (χ4v) is 1.72. The molecule has 0 aliphatic carbocycles. The molecule has 0 fully saturated rings. The van der Waals surface area contributed by atoms with Crippen molar-refractivity contribution in [1.29, 1.82) is 0 Å². The van der Waals surface area contributed by atoms with Gasteiger partial charge in [0.1, 0.15) is 0 Å². The molecule has 0 spiro atoms. The van der Waals surface area contributed by atoms with Gasteiger partial charge in [-0.05, 0) is 13.8 Å². The highest BCUT2D eigenvalue weighted by atomic mass is 16.4. The SMILES string of the molecule is CCc1nnc(-c2c(C)[nH]c(C)c2C=O)o1. The highest BCUT2D eigenvalue weighted by molar-refractivity contribution is 5.88. The number of hydrogen-bond donors (Lipinski definition) is 1.